The zero-order chi connectivity index (χ0) is 18.7. The molecule has 0 spiro atoms. The van der Waals surface area contributed by atoms with Crippen molar-refractivity contribution in [3.63, 3.8) is 0 Å². The van der Waals surface area contributed by atoms with E-state index in [1.165, 1.54) is 35.5 Å². The second-order valence-electron chi connectivity index (χ2n) is 5.82. The molecule has 0 N–H and O–H groups in total. The van der Waals surface area contributed by atoms with Gasteiger partial charge in [-0.15, -0.1) is 0 Å². The van der Waals surface area contributed by atoms with Gasteiger partial charge < -0.3 is 0 Å². The van der Waals surface area contributed by atoms with Crippen LogP contribution in [0, 0.1) is 17.0 Å². The third-order valence-corrected chi connectivity index (χ3v) is 5.33. The van der Waals surface area contributed by atoms with Crippen molar-refractivity contribution in [3.8, 4) is 0 Å². The average Bonchev–Trinajstić information content (AvgIpc) is 3.09. The van der Waals surface area contributed by atoms with Crippen molar-refractivity contribution in [1.82, 2.24) is 4.90 Å². The molecule has 26 heavy (non-hydrogen) atoms. The zero-order valence-electron chi connectivity index (χ0n) is 14.0. The van der Waals surface area contributed by atoms with Crippen LogP contribution in [0.5, 0.6) is 0 Å². The third-order valence-electron chi connectivity index (χ3n) is 3.93. The van der Waals surface area contributed by atoms with E-state index in [-0.39, 0.29) is 22.2 Å². The van der Waals surface area contributed by atoms with Gasteiger partial charge in [0, 0.05) is 23.9 Å². The molecule has 0 saturated carbocycles. The van der Waals surface area contributed by atoms with Gasteiger partial charge in [-0.3, -0.25) is 24.8 Å². The Morgan fingerprint density at radius 2 is 2.04 bits per heavy atom. The van der Waals surface area contributed by atoms with Crippen LogP contribution in [0.1, 0.15) is 21.5 Å². The van der Waals surface area contributed by atoms with Crippen LogP contribution in [-0.4, -0.2) is 34.0 Å². The smallest absolute Gasteiger partial charge is 0.286 e. The normalized spacial score (nSPS) is 13.6. The van der Waals surface area contributed by atoms with Gasteiger partial charge in [0.2, 0.25) is 0 Å². The molecule has 0 bridgehead atoms. The van der Waals surface area contributed by atoms with Gasteiger partial charge in [-0.05, 0) is 24.6 Å². The number of aryl methyl sites for hydroxylation is 1. The number of benzene rings is 2. The zero-order valence-corrected chi connectivity index (χ0v) is 15.6. The molecule has 1 amide bonds. The highest BCUT2D eigenvalue weighted by atomic mass is 35.5. The number of carbonyl (C=O) groups is 1. The molecule has 2 aromatic carbocycles. The second-order valence-corrected chi connectivity index (χ2v) is 7.17. The van der Waals surface area contributed by atoms with E-state index in [1.807, 2.05) is 31.2 Å². The van der Waals surface area contributed by atoms with Crippen LogP contribution in [0.4, 0.5) is 5.69 Å². The van der Waals surface area contributed by atoms with Gasteiger partial charge in [0.05, 0.1) is 11.5 Å². The lowest BCUT2D eigenvalue weighted by Crippen LogP contribution is -2.32. The van der Waals surface area contributed by atoms with Gasteiger partial charge in [0.15, 0.2) is 5.17 Å². The number of thioether (sulfide) groups is 1. The molecule has 6 nitrogen and oxygen atoms in total. The number of halogens is 1. The monoisotopic (exact) mass is 389 g/mol. The maximum Gasteiger partial charge on any atom is 0.288 e. The van der Waals surface area contributed by atoms with Crippen molar-refractivity contribution in [2.75, 3.05) is 13.1 Å². The van der Waals surface area contributed by atoms with Gasteiger partial charge in [0.1, 0.15) is 5.02 Å². The summed E-state index contributed by atoms with van der Waals surface area (Å²) in [5.41, 5.74) is 2.29. The Labute approximate surface area is 160 Å². The van der Waals surface area contributed by atoms with Crippen molar-refractivity contribution in [2.45, 2.75) is 12.7 Å². The number of carbonyl (C=O) groups excluding carboxylic acids is 1. The van der Waals surface area contributed by atoms with E-state index in [0.717, 1.165) is 5.56 Å². The van der Waals surface area contributed by atoms with E-state index in [9.17, 15) is 14.9 Å². The molecular formula is C18H16ClN3O3S. The minimum absolute atomic E-state index is 0.00982. The molecule has 0 radical (unpaired) electrons. The number of nitro groups is 1. The topological polar surface area (TPSA) is 75.8 Å². The van der Waals surface area contributed by atoms with Crippen LogP contribution in [-0.2, 0) is 5.75 Å². The van der Waals surface area contributed by atoms with Crippen LogP contribution >= 0.6 is 23.4 Å². The highest BCUT2D eigenvalue weighted by molar-refractivity contribution is 8.13. The first-order chi connectivity index (χ1) is 12.5. The molecule has 2 aromatic rings. The summed E-state index contributed by atoms with van der Waals surface area (Å²) in [5, 5.41) is 11.7. The Hall–Kier alpha value is -2.38. The number of amides is 1. The molecule has 1 aliphatic heterocycles. The molecule has 0 unspecified atom stereocenters. The first-order valence-corrected chi connectivity index (χ1v) is 9.30. The van der Waals surface area contributed by atoms with Gasteiger partial charge in [0.25, 0.3) is 11.6 Å². The van der Waals surface area contributed by atoms with Crippen molar-refractivity contribution >= 4 is 40.1 Å². The first kappa shape index (κ1) is 18.4. The summed E-state index contributed by atoms with van der Waals surface area (Å²) in [6.07, 6.45) is 0. The lowest BCUT2D eigenvalue weighted by Gasteiger charge is -2.18. The Kier molecular flexibility index (Phi) is 5.58. The van der Waals surface area contributed by atoms with E-state index in [0.29, 0.717) is 24.0 Å². The molecule has 0 fully saturated rings. The summed E-state index contributed by atoms with van der Waals surface area (Å²) in [6, 6.07) is 12.3. The van der Waals surface area contributed by atoms with Crippen molar-refractivity contribution in [3.05, 3.63) is 74.3 Å². The van der Waals surface area contributed by atoms with E-state index in [2.05, 4.69) is 4.99 Å². The maximum absolute atomic E-state index is 12.8. The highest BCUT2D eigenvalue weighted by Crippen LogP contribution is 2.27. The first-order valence-electron chi connectivity index (χ1n) is 7.94. The molecule has 0 saturated heterocycles. The fourth-order valence-corrected chi connectivity index (χ4v) is 3.70. The van der Waals surface area contributed by atoms with E-state index in [1.54, 1.807) is 4.90 Å². The summed E-state index contributed by atoms with van der Waals surface area (Å²) >= 11 is 7.30. The van der Waals surface area contributed by atoms with E-state index < -0.39 is 4.92 Å². The number of hydrogen-bond acceptors (Lipinski definition) is 5. The number of aliphatic imine (C=N–C) groups is 1. The molecule has 134 valence electrons. The van der Waals surface area contributed by atoms with E-state index >= 15 is 0 Å². The number of rotatable bonds is 4. The number of nitro benzene ring substituents is 1. The lowest BCUT2D eigenvalue weighted by atomic mass is 10.2. The van der Waals surface area contributed by atoms with Crippen molar-refractivity contribution < 1.29 is 9.72 Å². The molecule has 0 atom stereocenters. The number of amidine groups is 1. The van der Waals surface area contributed by atoms with Crippen LogP contribution in [0.2, 0.25) is 5.02 Å². The molecule has 0 aromatic heterocycles. The predicted molar refractivity (Wildman–Crippen MR) is 104 cm³/mol. The van der Waals surface area contributed by atoms with E-state index in [4.69, 9.17) is 11.6 Å². The summed E-state index contributed by atoms with van der Waals surface area (Å²) < 4.78 is 0. The van der Waals surface area contributed by atoms with Gasteiger partial charge in [-0.1, -0.05) is 53.2 Å². The standard InChI is InChI=1S/C18H16ClN3O3S/c1-12-2-4-13(5-3-12)11-26-18-20-8-9-21(18)17(23)14-6-7-15(19)16(10-14)22(24)25/h2-7,10H,8-9,11H2,1H3. The molecular weight excluding hydrogens is 374 g/mol. The molecule has 3 rings (SSSR count). The number of hydrogen-bond donors (Lipinski definition) is 0. The fraction of sp³-hybridized carbons (Fsp3) is 0.222. The quantitative estimate of drug-likeness (QED) is 0.577. The van der Waals surface area contributed by atoms with Gasteiger partial charge in [-0.25, -0.2) is 0 Å². The van der Waals surface area contributed by atoms with Gasteiger partial charge in [-0.2, -0.15) is 0 Å². The Bertz CT molecular complexity index is 884. The minimum Gasteiger partial charge on any atom is -0.286 e. The van der Waals surface area contributed by atoms with Crippen LogP contribution in [0.15, 0.2) is 47.5 Å². The molecule has 1 aliphatic rings. The van der Waals surface area contributed by atoms with Crippen molar-refractivity contribution in [2.24, 2.45) is 4.99 Å². The van der Waals surface area contributed by atoms with Crippen molar-refractivity contribution in [1.29, 1.82) is 0 Å². The predicted octanol–water partition coefficient (Wildman–Crippen LogP) is 4.30. The Morgan fingerprint density at radius 3 is 2.73 bits per heavy atom. The number of nitrogens with zero attached hydrogens (tertiary/aromatic N) is 3. The summed E-state index contributed by atoms with van der Waals surface area (Å²) in [5.74, 6) is 0.390. The highest BCUT2D eigenvalue weighted by Gasteiger charge is 2.27. The average molecular weight is 390 g/mol. The minimum atomic E-state index is -0.593. The summed E-state index contributed by atoms with van der Waals surface area (Å²) in [6.45, 7) is 3.02. The van der Waals surface area contributed by atoms with Crippen LogP contribution < -0.4 is 0 Å². The lowest BCUT2D eigenvalue weighted by molar-refractivity contribution is -0.384. The largest absolute Gasteiger partial charge is 0.288 e. The Balaban J connectivity index is 1.73. The maximum atomic E-state index is 12.8. The second kappa shape index (κ2) is 7.88. The molecule has 8 heteroatoms. The molecule has 1 heterocycles. The van der Waals surface area contributed by atoms with Crippen LogP contribution in [0.25, 0.3) is 0 Å². The SMILES string of the molecule is Cc1ccc(CSC2=NCCN2C(=O)c2ccc(Cl)c([N+](=O)[O-])c2)cc1. The summed E-state index contributed by atoms with van der Waals surface area (Å²) in [7, 11) is 0. The molecule has 0 aliphatic carbocycles. The third kappa shape index (κ3) is 4.05. The summed E-state index contributed by atoms with van der Waals surface area (Å²) in [4.78, 5) is 29.2. The van der Waals surface area contributed by atoms with Gasteiger partial charge >= 0.3 is 0 Å². The Morgan fingerprint density at radius 1 is 1.31 bits per heavy atom. The fourth-order valence-electron chi connectivity index (χ4n) is 2.51. The van der Waals surface area contributed by atoms with Crippen LogP contribution in [0.3, 0.4) is 0 Å².